The van der Waals surface area contributed by atoms with Crippen LogP contribution in [-0.4, -0.2) is 29.4 Å². The highest BCUT2D eigenvalue weighted by atomic mass is 35.5. The zero-order valence-electron chi connectivity index (χ0n) is 13.4. The van der Waals surface area contributed by atoms with Gasteiger partial charge >= 0.3 is 0 Å². The minimum atomic E-state index is -1.62. The fraction of sp³-hybridized carbons (Fsp3) is 0.222. The molecule has 0 aromatic heterocycles. The van der Waals surface area contributed by atoms with E-state index in [4.69, 9.17) is 16.3 Å². The molecule has 124 valence electrons. The van der Waals surface area contributed by atoms with Gasteiger partial charge in [-0.1, -0.05) is 41.9 Å². The molecule has 0 aliphatic carbocycles. The molecular formula is C18H17ClN2O3. The Balaban J connectivity index is 1.83. The van der Waals surface area contributed by atoms with Crippen molar-refractivity contribution < 1.29 is 14.3 Å². The summed E-state index contributed by atoms with van der Waals surface area (Å²) in [6.07, 6.45) is 0. The second-order valence-corrected chi connectivity index (χ2v) is 6.31. The van der Waals surface area contributed by atoms with E-state index < -0.39 is 17.4 Å². The monoisotopic (exact) mass is 344 g/mol. The molecule has 1 aliphatic heterocycles. The molecule has 6 heteroatoms. The maximum Gasteiger partial charge on any atom is 0.278 e. The number of benzene rings is 2. The molecule has 2 aromatic carbocycles. The Labute approximate surface area is 145 Å². The topological polar surface area (TPSA) is 58.6 Å². The van der Waals surface area contributed by atoms with E-state index in [1.165, 1.54) is 11.8 Å². The molecule has 1 unspecified atom stereocenters. The molecule has 0 saturated heterocycles. The number of rotatable bonds is 3. The Kier molecular flexibility index (Phi) is 4.20. The van der Waals surface area contributed by atoms with Crippen molar-refractivity contribution in [3.63, 3.8) is 0 Å². The minimum absolute atomic E-state index is 0.388. The fourth-order valence-electron chi connectivity index (χ4n) is 2.63. The van der Waals surface area contributed by atoms with Gasteiger partial charge in [0, 0.05) is 18.6 Å². The van der Waals surface area contributed by atoms with Gasteiger partial charge in [0.25, 0.3) is 17.4 Å². The molecule has 0 spiro atoms. The maximum atomic E-state index is 12.8. The maximum absolute atomic E-state index is 12.8. The van der Waals surface area contributed by atoms with Crippen LogP contribution in [0.1, 0.15) is 12.5 Å². The predicted molar refractivity (Wildman–Crippen MR) is 92.0 cm³/mol. The summed E-state index contributed by atoms with van der Waals surface area (Å²) in [6, 6.07) is 14.4. The lowest BCUT2D eigenvalue weighted by molar-refractivity contribution is -0.154. The molecule has 1 heterocycles. The van der Waals surface area contributed by atoms with Crippen molar-refractivity contribution in [3.8, 4) is 5.75 Å². The molecule has 0 radical (unpaired) electrons. The SMILES string of the molecule is CN(Cc1ccccc1)C(=O)C1(C)Oc2ccc(Cl)cc2NC1=O. The third kappa shape index (κ3) is 2.95. The van der Waals surface area contributed by atoms with Crippen LogP contribution >= 0.6 is 11.6 Å². The number of carbonyl (C=O) groups excluding carboxylic acids is 2. The highest BCUT2D eigenvalue weighted by Crippen LogP contribution is 2.36. The Morgan fingerprint density at radius 3 is 2.67 bits per heavy atom. The predicted octanol–water partition coefficient (Wildman–Crippen LogP) is 3.09. The molecule has 0 fully saturated rings. The van der Waals surface area contributed by atoms with Crippen LogP contribution in [0.5, 0.6) is 5.75 Å². The van der Waals surface area contributed by atoms with Crippen LogP contribution < -0.4 is 10.1 Å². The fourth-order valence-corrected chi connectivity index (χ4v) is 2.80. The first-order valence-corrected chi connectivity index (χ1v) is 7.87. The largest absolute Gasteiger partial charge is 0.466 e. The molecule has 0 saturated carbocycles. The Hall–Kier alpha value is -2.53. The van der Waals surface area contributed by atoms with Crippen molar-refractivity contribution in [2.45, 2.75) is 19.1 Å². The van der Waals surface area contributed by atoms with Gasteiger partial charge in [0.05, 0.1) is 5.69 Å². The van der Waals surface area contributed by atoms with Crippen molar-refractivity contribution in [1.29, 1.82) is 0 Å². The Bertz CT molecular complexity index is 794. The third-order valence-electron chi connectivity index (χ3n) is 3.95. The van der Waals surface area contributed by atoms with Crippen molar-refractivity contribution in [2.24, 2.45) is 0 Å². The van der Waals surface area contributed by atoms with E-state index in [0.29, 0.717) is 23.0 Å². The van der Waals surface area contributed by atoms with Crippen LogP contribution in [0.15, 0.2) is 48.5 Å². The summed E-state index contributed by atoms with van der Waals surface area (Å²) >= 11 is 5.92. The first kappa shape index (κ1) is 16.3. The highest BCUT2D eigenvalue weighted by Gasteiger charge is 2.48. The van der Waals surface area contributed by atoms with Crippen LogP contribution in [0, 0.1) is 0 Å². The molecule has 2 amide bonds. The van der Waals surface area contributed by atoms with Gasteiger partial charge in [-0.3, -0.25) is 9.59 Å². The average molecular weight is 345 g/mol. The van der Waals surface area contributed by atoms with E-state index in [2.05, 4.69) is 5.32 Å². The first-order valence-electron chi connectivity index (χ1n) is 7.49. The van der Waals surface area contributed by atoms with Crippen LogP contribution in [0.25, 0.3) is 0 Å². The van der Waals surface area contributed by atoms with Crippen LogP contribution in [0.2, 0.25) is 5.02 Å². The lowest BCUT2D eigenvalue weighted by atomic mass is 10.0. The van der Waals surface area contributed by atoms with Gasteiger partial charge in [0.1, 0.15) is 5.75 Å². The van der Waals surface area contributed by atoms with E-state index in [1.54, 1.807) is 25.2 Å². The molecule has 2 aromatic rings. The van der Waals surface area contributed by atoms with Gasteiger partial charge in [-0.15, -0.1) is 0 Å². The summed E-state index contributed by atoms with van der Waals surface area (Å²) in [5.41, 5.74) is -0.187. The number of carbonyl (C=O) groups is 2. The smallest absolute Gasteiger partial charge is 0.278 e. The zero-order valence-corrected chi connectivity index (χ0v) is 14.1. The molecule has 5 nitrogen and oxygen atoms in total. The standard InChI is InChI=1S/C18H17ClN2O3/c1-18(17(23)21(2)11-12-6-4-3-5-7-12)16(22)20-14-10-13(19)8-9-15(14)24-18/h3-10H,11H2,1-2H3,(H,20,22). The number of ether oxygens (including phenoxy) is 1. The molecule has 0 bridgehead atoms. The zero-order chi connectivity index (χ0) is 17.3. The van der Waals surface area contributed by atoms with E-state index in [9.17, 15) is 9.59 Å². The van der Waals surface area contributed by atoms with Gasteiger partial charge in [-0.05, 0) is 30.7 Å². The van der Waals surface area contributed by atoms with Gasteiger partial charge in [-0.2, -0.15) is 0 Å². The third-order valence-corrected chi connectivity index (χ3v) is 4.19. The number of fused-ring (bicyclic) bond motifs is 1. The molecular weight excluding hydrogens is 328 g/mol. The summed E-state index contributed by atoms with van der Waals surface area (Å²) in [6.45, 7) is 1.86. The Morgan fingerprint density at radius 1 is 1.25 bits per heavy atom. The summed E-state index contributed by atoms with van der Waals surface area (Å²) in [4.78, 5) is 26.8. The molecule has 1 N–H and O–H groups in total. The van der Waals surface area contributed by atoms with Crippen molar-refractivity contribution in [3.05, 3.63) is 59.1 Å². The van der Waals surface area contributed by atoms with E-state index in [0.717, 1.165) is 5.56 Å². The normalized spacial score (nSPS) is 19.0. The summed E-state index contributed by atoms with van der Waals surface area (Å²) < 4.78 is 5.75. The number of hydrogen-bond acceptors (Lipinski definition) is 3. The van der Waals surface area contributed by atoms with Gasteiger partial charge in [0.15, 0.2) is 0 Å². The van der Waals surface area contributed by atoms with E-state index in [-0.39, 0.29) is 0 Å². The van der Waals surface area contributed by atoms with Crippen molar-refractivity contribution >= 4 is 29.1 Å². The van der Waals surface area contributed by atoms with E-state index in [1.807, 2.05) is 30.3 Å². The second-order valence-electron chi connectivity index (χ2n) is 5.88. The van der Waals surface area contributed by atoms with Crippen LogP contribution in [-0.2, 0) is 16.1 Å². The number of likely N-dealkylation sites (N-methyl/N-ethyl adjacent to an activating group) is 1. The molecule has 1 aliphatic rings. The summed E-state index contributed by atoms with van der Waals surface area (Å²) in [5, 5.41) is 3.18. The molecule has 3 rings (SSSR count). The van der Waals surface area contributed by atoms with Crippen molar-refractivity contribution in [1.82, 2.24) is 4.90 Å². The van der Waals surface area contributed by atoms with Crippen LogP contribution in [0.4, 0.5) is 5.69 Å². The molecule has 1 atom stereocenters. The quantitative estimate of drug-likeness (QED) is 0.870. The van der Waals surface area contributed by atoms with Gasteiger partial charge in [-0.25, -0.2) is 0 Å². The number of nitrogens with one attached hydrogen (secondary N) is 1. The highest BCUT2D eigenvalue weighted by molar-refractivity contribution is 6.31. The average Bonchev–Trinajstić information content (AvgIpc) is 2.56. The van der Waals surface area contributed by atoms with Gasteiger partial charge < -0.3 is 15.0 Å². The minimum Gasteiger partial charge on any atom is -0.466 e. The number of anilines is 1. The van der Waals surface area contributed by atoms with E-state index >= 15 is 0 Å². The van der Waals surface area contributed by atoms with Crippen molar-refractivity contribution in [2.75, 3.05) is 12.4 Å². The summed E-state index contributed by atoms with van der Waals surface area (Å²) in [5.74, 6) is -0.505. The lowest BCUT2D eigenvalue weighted by Gasteiger charge is -2.35. The number of hydrogen-bond donors (Lipinski definition) is 1. The number of halogens is 1. The van der Waals surface area contributed by atoms with Crippen LogP contribution in [0.3, 0.4) is 0 Å². The second kappa shape index (κ2) is 6.17. The first-order chi connectivity index (χ1) is 11.4. The Morgan fingerprint density at radius 2 is 1.96 bits per heavy atom. The number of nitrogens with zero attached hydrogens (tertiary/aromatic N) is 1. The lowest BCUT2D eigenvalue weighted by Crippen LogP contribution is -2.58. The molecule has 24 heavy (non-hydrogen) atoms. The number of amides is 2. The summed E-state index contributed by atoms with van der Waals surface area (Å²) in [7, 11) is 1.65. The van der Waals surface area contributed by atoms with Gasteiger partial charge in [0.2, 0.25) is 0 Å².